The number of hydrogen-bond acceptors (Lipinski definition) is 5. The van der Waals surface area contributed by atoms with Gasteiger partial charge in [-0.25, -0.2) is 4.98 Å². The summed E-state index contributed by atoms with van der Waals surface area (Å²) in [7, 11) is 0. The number of aromatic nitrogens is 1. The highest BCUT2D eigenvalue weighted by Crippen LogP contribution is 2.33. The molecule has 120 valence electrons. The molecule has 2 aromatic carbocycles. The van der Waals surface area contributed by atoms with Gasteiger partial charge in [0.1, 0.15) is 0 Å². The van der Waals surface area contributed by atoms with Crippen molar-refractivity contribution in [3.8, 4) is 0 Å². The Hall–Kier alpha value is -1.89. The van der Waals surface area contributed by atoms with Gasteiger partial charge >= 0.3 is 0 Å². The lowest BCUT2D eigenvalue weighted by Gasteiger charge is -2.06. The van der Waals surface area contributed by atoms with Crippen LogP contribution in [0.2, 0.25) is 5.02 Å². The van der Waals surface area contributed by atoms with Gasteiger partial charge in [0.15, 0.2) is 10.1 Å². The van der Waals surface area contributed by atoms with Crippen LogP contribution in [0.3, 0.4) is 0 Å². The van der Waals surface area contributed by atoms with Gasteiger partial charge in [0.25, 0.3) is 0 Å². The molecule has 1 aliphatic rings. The maximum absolute atomic E-state index is 12.5. The van der Waals surface area contributed by atoms with Gasteiger partial charge in [-0.3, -0.25) is 9.59 Å². The number of carbonyl (C=O) groups excluding carboxylic acids is 2. The van der Waals surface area contributed by atoms with Crippen molar-refractivity contribution in [2.75, 3.05) is 11.1 Å². The minimum Gasteiger partial charge on any atom is -0.325 e. The van der Waals surface area contributed by atoms with Crippen molar-refractivity contribution in [3.05, 3.63) is 52.5 Å². The zero-order valence-corrected chi connectivity index (χ0v) is 14.7. The Bertz CT molecular complexity index is 951. The van der Waals surface area contributed by atoms with E-state index in [-0.39, 0.29) is 23.9 Å². The molecule has 1 amide bonds. The molecule has 0 unspecified atom stereocenters. The molecular formula is C17H11ClN2O2S2. The number of thioether (sulfide) groups is 1. The van der Waals surface area contributed by atoms with Crippen molar-refractivity contribution >= 4 is 62.3 Å². The first-order valence-corrected chi connectivity index (χ1v) is 9.42. The number of carbonyl (C=O) groups is 2. The number of halogens is 1. The summed E-state index contributed by atoms with van der Waals surface area (Å²) in [5.74, 6) is 0.126. The van der Waals surface area contributed by atoms with Crippen molar-refractivity contribution in [3.63, 3.8) is 0 Å². The van der Waals surface area contributed by atoms with E-state index >= 15 is 0 Å². The molecule has 24 heavy (non-hydrogen) atoms. The van der Waals surface area contributed by atoms with Gasteiger partial charge < -0.3 is 5.32 Å². The molecule has 7 heteroatoms. The molecule has 1 aromatic heterocycles. The maximum atomic E-state index is 12.5. The molecule has 0 saturated carbocycles. The van der Waals surface area contributed by atoms with Gasteiger partial charge in [-0.15, -0.1) is 11.3 Å². The van der Waals surface area contributed by atoms with Gasteiger partial charge in [-0.05, 0) is 29.8 Å². The number of para-hydroxylation sites is 1. The van der Waals surface area contributed by atoms with Crippen LogP contribution in [0.4, 0.5) is 5.69 Å². The number of nitrogens with one attached hydrogen (secondary N) is 1. The van der Waals surface area contributed by atoms with Gasteiger partial charge in [-0.2, -0.15) is 0 Å². The molecular weight excluding hydrogens is 364 g/mol. The van der Waals surface area contributed by atoms with Crippen LogP contribution in [0.5, 0.6) is 0 Å². The lowest BCUT2D eigenvalue weighted by molar-refractivity contribution is -0.115. The number of thiazole rings is 1. The first-order chi connectivity index (χ1) is 11.6. The third-order valence-electron chi connectivity index (χ3n) is 3.72. The Kier molecular flexibility index (Phi) is 4.04. The number of benzene rings is 2. The number of nitrogens with zero attached hydrogens (tertiary/aromatic N) is 1. The quantitative estimate of drug-likeness (QED) is 0.542. The van der Waals surface area contributed by atoms with Gasteiger partial charge in [0.05, 0.1) is 27.4 Å². The smallest absolute Gasteiger partial charge is 0.228 e. The molecule has 0 spiro atoms. The summed E-state index contributed by atoms with van der Waals surface area (Å²) >= 11 is 9.18. The monoisotopic (exact) mass is 374 g/mol. The van der Waals surface area contributed by atoms with Gasteiger partial charge in [-0.1, -0.05) is 35.5 Å². The summed E-state index contributed by atoms with van der Waals surface area (Å²) in [4.78, 5) is 28.5. The van der Waals surface area contributed by atoms with E-state index in [4.69, 9.17) is 11.6 Å². The Balaban J connectivity index is 1.52. The lowest BCUT2D eigenvalue weighted by Crippen LogP contribution is -2.04. The van der Waals surface area contributed by atoms with Crippen molar-refractivity contribution in [2.24, 2.45) is 0 Å². The predicted octanol–water partition coefficient (Wildman–Crippen LogP) is 4.42. The standard InChI is InChI=1S/C17H11ClN2O2S2/c18-11-7-13-9(6-16(22)19-13)5-10(11)14(21)8-23-17-20-12-3-1-2-4-15(12)24-17/h1-5,7H,6,8H2,(H,19,22). The van der Waals surface area contributed by atoms with Crippen LogP contribution in [0.15, 0.2) is 40.7 Å². The number of rotatable bonds is 4. The first kappa shape index (κ1) is 15.6. The van der Waals surface area contributed by atoms with E-state index in [2.05, 4.69) is 10.3 Å². The van der Waals surface area contributed by atoms with Crippen molar-refractivity contribution < 1.29 is 9.59 Å². The molecule has 0 aliphatic carbocycles. The Morgan fingerprint density at radius 1 is 1.33 bits per heavy atom. The molecule has 0 bridgehead atoms. The fourth-order valence-electron chi connectivity index (χ4n) is 2.58. The molecule has 1 N–H and O–H groups in total. The van der Waals surface area contributed by atoms with E-state index in [0.29, 0.717) is 16.3 Å². The van der Waals surface area contributed by atoms with Crippen LogP contribution in [0.25, 0.3) is 10.2 Å². The maximum Gasteiger partial charge on any atom is 0.228 e. The zero-order chi connectivity index (χ0) is 16.7. The highest BCUT2D eigenvalue weighted by molar-refractivity contribution is 8.01. The Labute approximate surface area is 151 Å². The fourth-order valence-corrected chi connectivity index (χ4v) is 4.80. The van der Waals surface area contributed by atoms with Crippen molar-refractivity contribution in [1.29, 1.82) is 0 Å². The minimum absolute atomic E-state index is 0.0635. The summed E-state index contributed by atoms with van der Waals surface area (Å²) < 4.78 is 1.96. The number of amides is 1. The fraction of sp³-hybridized carbons (Fsp3) is 0.118. The van der Waals surface area contributed by atoms with E-state index in [9.17, 15) is 9.59 Å². The van der Waals surface area contributed by atoms with Crippen LogP contribution < -0.4 is 5.32 Å². The minimum atomic E-state index is -0.0745. The summed E-state index contributed by atoms with van der Waals surface area (Å²) in [6, 6.07) is 11.3. The zero-order valence-electron chi connectivity index (χ0n) is 12.3. The molecule has 2 heterocycles. The number of ketones is 1. The van der Waals surface area contributed by atoms with E-state index < -0.39 is 0 Å². The van der Waals surface area contributed by atoms with Gasteiger partial charge in [0.2, 0.25) is 5.91 Å². The van der Waals surface area contributed by atoms with Crippen LogP contribution >= 0.6 is 34.7 Å². The second kappa shape index (κ2) is 6.20. The summed E-state index contributed by atoms with van der Waals surface area (Å²) in [6.45, 7) is 0. The van der Waals surface area contributed by atoms with E-state index in [1.54, 1.807) is 23.5 Å². The van der Waals surface area contributed by atoms with Crippen molar-refractivity contribution in [2.45, 2.75) is 10.8 Å². The highest BCUT2D eigenvalue weighted by Gasteiger charge is 2.22. The number of hydrogen-bond donors (Lipinski definition) is 1. The average Bonchev–Trinajstić information content (AvgIpc) is 3.13. The largest absolute Gasteiger partial charge is 0.325 e. The molecule has 0 atom stereocenters. The van der Waals surface area contributed by atoms with E-state index in [1.165, 1.54) is 11.8 Å². The Morgan fingerprint density at radius 2 is 2.17 bits per heavy atom. The topological polar surface area (TPSA) is 59.1 Å². The molecule has 0 radical (unpaired) electrons. The first-order valence-electron chi connectivity index (χ1n) is 7.24. The third kappa shape index (κ3) is 2.92. The second-order valence-corrected chi connectivity index (χ2v) is 8.03. The van der Waals surface area contributed by atoms with Crippen LogP contribution in [0.1, 0.15) is 15.9 Å². The van der Waals surface area contributed by atoms with E-state index in [1.807, 2.05) is 24.3 Å². The number of anilines is 1. The van der Waals surface area contributed by atoms with Crippen molar-refractivity contribution in [1.82, 2.24) is 4.98 Å². The number of fused-ring (bicyclic) bond motifs is 2. The molecule has 0 fully saturated rings. The lowest BCUT2D eigenvalue weighted by atomic mass is 10.1. The summed E-state index contributed by atoms with van der Waals surface area (Å²) in [5, 5.41) is 3.10. The molecule has 4 nitrogen and oxygen atoms in total. The normalized spacial score (nSPS) is 13.1. The third-order valence-corrected chi connectivity index (χ3v) is 6.21. The van der Waals surface area contributed by atoms with E-state index in [0.717, 1.165) is 20.1 Å². The molecule has 3 aromatic rings. The van der Waals surface area contributed by atoms with Gasteiger partial charge in [0, 0.05) is 11.3 Å². The van der Waals surface area contributed by atoms with Crippen LogP contribution in [-0.4, -0.2) is 22.4 Å². The second-order valence-electron chi connectivity index (χ2n) is 5.37. The number of Topliss-reactive ketones (excluding diaryl/α,β-unsaturated/α-hetero) is 1. The summed E-state index contributed by atoms with van der Waals surface area (Å²) in [6.07, 6.45) is 0.289. The predicted molar refractivity (Wildman–Crippen MR) is 98.5 cm³/mol. The SMILES string of the molecule is O=C1Cc2cc(C(=O)CSc3nc4ccccc4s3)c(Cl)cc2N1. The highest BCUT2D eigenvalue weighted by atomic mass is 35.5. The Morgan fingerprint density at radius 3 is 3.00 bits per heavy atom. The molecule has 0 saturated heterocycles. The average molecular weight is 375 g/mol. The van der Waals surface area contributed by atoms with Crippen LogP contribution in [0, 0.1) is 0 Å². The molecule has 4 rings (SSSR count). The summed E-state index contributed by atoms with van der Waals surface area (Å²) in [5.41, 5.74) is 2.91. The van der Waals surface area contributed by atoms with Crippen LogP contribution in [-0.2, 0) is 11.2 Å². The molecule has 1 aliphatic heterocycles.